The molecule has 0 atom stereocenters. The summed E-state index contributed by atoms with van der Waals surface area (Å²) in [5.41, 5.74) is 0.624. The Morgan fingerprint density at radius 1 is 1.43 bits per heavy atom. The van der Waals surface area contributed by atoms with Crippen LogP contribution < -0.4 is 5.32 Å². The second-order valence-corrected chi connectivity index (χ2v) is 4.55. The molecule has 0 amide bonds. The van der Waals surface area contributed by atoms with E-state index in [0.29, 0.717) is 12.1 Å². The third-order valence-corrected chi connectivity index (χ3v) is 2.85. The molecule has 1 N–H and O–H groups in total. The summed E-state index contributed by atoms with van der Waals surface area (Å²) in [7, 11) is 0. The van der Waals surface area contributed by atoms with Crippen molar-refractivity contribution in [3.8, 4) is 0 Å². The minimum atomic E-state index is -0.904. The molecule has 1 aromatic rings. The van der Waals surface area contributed by atoms with Crippen molar-refractivity contribution in [2.75, 3.05) is 11.9 Å². The maximum Gasteiger partial charge on any atom is 0.182 e. The average molecular weight is 218 g/mol. The zero-order valence-electron chi connectivity index (χ0n) is 7.92. The van der Waals surface area contributed by atoms with Crippen LogP contribution in [0, 0.1) is 11.6 Å². The van der Waals surface area contributed by atoms with Crippen LogP contribution in [0.3, 0.4) is 0 Å². The van der Waals surface area contributed by atoms with Gasteiger partial charge in [0.1, 0.15) is 0 Å². The minimum absolute atomic E-state index is 0.208. The Kier molecular flexibility index (Phi) is 1.96. The second-order valence-electron chi connectivity index (χ2n) is 4.14. The van der Waals surface area contributed by atoms with Gasteiger partial charge in [-0.2, -0.15) is 0 Å². The summed E-state index contributed by atoms with van der Waals surface area (Å²) in [5.74, 6) is -1.74. The molecule has 1 nitrogen and oxygen atoms in total. The Hall–Kier alpha value is -0.830. The number of nitrogens with one attached hydrogen (secondary N) is 1. The number of rotatable bonds is 0. The van der Waals surface area contributed by atoms with Crippen molar-refractivity contribution in [1.29, 1.82) is 0 Å². The van der Waals surface area contributed by atoms with Gasteiger partial charge in [-0.05, 0) is 6.07 Å². The second kappa shape index (κ2) is 2.83. The molecule has 1 heterocycles. The Bertz CT molecular complexity index is 402. The summed E-state index contributed by atoms with van der Waals surface area (Å²) in [4.78, 5) is 0. The van der Waals surface area contributed by atoms with Crippen molar-refractivity contribution < 1.29 is 8.78 Å². The summed E-state index contributed by atoms with van der Waals surface area (Å²) in [6.45, 7) is 4.45. The van der Waals surface area contributed by atoms with Crippen molar-refractivity contribution in [3.05, 3.63) is 28.3 Å². The molecular formula is C10H10ClF2N. The first-order chi connectivity index (χ1) is 6.43. The van der Waals surface area contributed by atoms with Gasteiger partial charge in [-0.25, -0.2) is 8.78 Å². The van der Waals surface area contributed by atoms with Crippen molar-refractivity contribution >= 4 is 17.3 Å². The van der Waals surface area contributed by atoms with Crippen molar-refractivity contribution in [3.63, 3.8) is 0 Å². The van der Waals surface area contributed by atoms with Crippen LogP contribution in [-0.4, -0.2) is 6.54 Å². The van der Waals surface area contributed by atoms with Gasteiger partial charge >= 0.3 is 0 Å². The SMILES string of the molecule is CC1(C)CNc2c(F)c(F)cc(Cl)c21. The Labute approximate surface area is 86.1 Å². The lowest BCUT2D eigenvalue weighted by Crippen LogP contribution is -2.19. The first-order valence-electron chi connectivity index (χ1n) is 4.35. The van der Waals surface area contributed by atoms with Crippen LogP contribution in [0.15, 0.2) is 6.07 Å². The predicted molar refractivity (Wildman–Crippen MR) is 52.9 cm³/mol. The molecule has 0 saturated carbocycles. The van der Waals surface area contributed by atoms with Gasteiger partial charge in [-0.3, -0.25) is 0 Å². The van der Waals surface area contributed by atoms with E-state index in [4.69, 9.17) is 11.6 Å². The molecule has 0 bridgehead atoms. The number of anilines is 1. The van der Waals surface area contributed by atoms with Gasteiger partial charge in [-0.15, -0.1) is 0 Å². The number of hydrogen-bond acceptors (Lipinski definition) is 1. The standard InChI is InChI=1S/C10H10ClF2N/c1-10(2)4-14-9-7(10)5(11)3-6(12)8(9)13/h3,14H,4H2,1-2H3. The zero-order chi connectivity index (χ0) is 10.5. The fourth-order valence-corrected chi connectivity index (χ4v) is 2.27. The predicted octanol–water partition coefficient (Wildman–Crippen LogP) is 3.32. The molecule has 76 valence electrons. The molecule has 1 aliphatic heterocycles. The fraction of sp³-hybridized carbons (Fsp3) is 0.400. The van der Waals surface area contributed by atoms with Crippen LogP contribution in [0.1, 0.15) is 19.4 Å². The van der Waals surface area contributed by atoms with E-state index in [1.807, 2.05) is 13.8 Å². The highest BCUT2D eigenvalue weighted by atomic mass is 35.5. The molecule has 0 radical (unpaired) electrons. The smallest absolute Gasteiger partial charge is 0.182 e. The molecule has 4 heteroatoms. The van der Waals surface area contributed by atoms with Crippen molar-refractivity contribution in [2.45, 2.75) is 19.3 Å². The highest BCUT2D eigenvalue weighted by Crippen LogP contribution is 2.43. The lowest BCUT2D eigenvalue weighted by molar-refractivity contribution is 0.510. The molecule has 0 unspecified atom stereocenters. The molecule has 1 aliphatic rings. The van der Waals surface area contributed by atoms with Gasteiger partial charge in [0.25, 0.3) is 0 Å². The molecular weight excluding hydrogens is 208 g/mol. The van der Waals surface area contributed by atoms with E-state index < -0.39 is 11.6 Å². The van der Waals surface area contributed by atoms with E-state index in [1.165, 1.54) is 0 Å². The highest BCUT2D eigenvalue weighted by molar-refractivity contribution is 6.32. The van der Waals surface area contributed by atoms with Gasteiger partial charge < -0.3 is 5.32 Å². The highest BCUT2D eigenvalue weighted by Gasteiger charge is 2.35. The number of fused-ring (bicyclic) bond motifs is 1. The van der Waals surface area contributed by atoms with E-state index in [1.54, 1.807) is 0 Å². The van der Waals surface area contributed by atoms with Gasteiger partial charge in [-0.1, -0.05) is 25.4 Å². The topological polar surface area (TPSA) is 12.0 Å². The third-order valence-electron chi connectivity index (χ3n) is 2.56. The molecule has 1 aromatic carbocycles. The maximum atomic E-state index is 13.3. The third kappa shape index (κ3) is 1.19. The van der Waals surface area contributed by atoms with Crippen molar-refractivity contribution in [2.24, 2.45) is 0 Å². The summed E-state index contributed by atoms with van der Waals surface area (Å²) < 4.78 is 26.3. The summed E-state index contributed by atoms with van der Waals surface area (Å²) in [6.07, 6.45) is 0. The van der Waals surface area contributed by atoms with Crippen LogP contribution in [0.4, 0.5) is 14.5 Å². The lowest BCUT2D eigenvalue weighted by atomic mass is 9.87. The molecule has 0 spiro atoms. The number of benzene rings is 1. The fourth-order valence-electron chi connectivity index (χ4n) is 1.82. The quantitative estimate of drug-likeness (QED) is 0.658. The normalized spacial score (nSPS) is 17.8. The van der Waals surface area contributed by atoms with Gasteiger partial charge in [0, 0.05) is 22.5 Å². The summed E-state index contributed by atoms with van der Waals surface area (Å²) in [6, 6.07) is 1.03. The van der Waals surface area contributed by atoms with Crippen LogP contribution in [0.5, 0.6) is 0 Å². The van der Waals surface area contributed by atoms with Crippen LogP contribution >= 0.6 is 11.6 Å². The molecule has 14 heavy (non-hydrogen) atoms. The Morgan fingerprint density at radius 2 is 2.07 bits per heavy atom. The molecule has 0 aliphatic carbocycles. The first-order valence-corrected chi connectivity index (χ1v) is 4.73. The van der Waals surface area contributed by atoms with E-state index >= 15 is 0 Å². The van der Waals surface area contributed by atoms with Crippen LogP contribution in [-0.2, 0) is 5.41 Å². The summed E-state index contributed by atoms with van der Waals surface area (Å²) in [5, 5.41) is 3.13. The number of hydrogen-bond donors (Lipinski definition) is 1. The van der Waals surface area contributed by atoms with Crippen LogP contribution in [0.2, 0.25) is 5.02 Å². The average Bonchev–Trinajstić information content (AvgIpc) is 2.38. The first kappa shape index (κ1) is 9.71. The molecule has 0 aromatic heterocycles. The van der Waals surface area contributed by atoms with E-state index in [0.717, 1.165) is 6.07 Å². The number of halogens is 3. The van der Waals surface area contributed by atoms with Gasteiger partial charge in [0.2, 0.25) is 0 Å². The van der Waals surface area contributed by atoms with E-state index in [-0.39, 0.29) is 16.1 Å². The van der Waals surface area contributed by atoms with Gasteiger partial charge in [0.15, 0.2) is 11.6 Å². The van der Waals surface area contributed by atoms with E-state index in [9.17, 15) is 8.78 Å². The molecule has 0 fully saturated rings. The van der Waals surface area contributed by atoms with Crippen LogP contribution in [0.25, 0.3) is 0 Å². The molecule has 2 rings (SSSR count). The van der Waals surface area contributed by atoms with Gasteiger partial charge in [0.05, 0.1) is 5.69 Å². The lowest BCUT2D eigenvalue weighted by Gasteiger charge is -2.18. The summed E-state index contributed by atoms with van der Waals surface area (Å²) >= 11 is 5.88. The molecule has 0 saturated heterocycles. The monoisotopic (exact) mass is 217 g/mol. The maximum absolute atomic E-state index is 13.3. The largest absolute Gasteiger partial charge is 0.381 e. The minimum Gasteiger partial charge on any atom is -0.381 e. The zero-order valence-corrected chi connectivity index (χ0v) is 8.67. The Morgan fingerprint density at radius 3 is 2.71 bits per heavy atom. The van der Waals surface area contributed by atoms with E-state index in [2.05, 4.69) is 5.32 Å². The van der Waals surface area contributed by atoms with Crippen molar-refractivity contribution in [1.82, 2.24) is 0 Å². The Balaban J connectivity index is 2.74.